The molecule has 0 aromatic heterocycles. The van der Waals surface area contributed by atoms with Crippen molar-refractivity contribution in [3.05, 3.63) is 101 Å². The van der Waals surface area contributed by atoms with Gasteiger partial charge < -0.3 is 4.74 Å². The van der Waals surface area contributed by atoms with Crippen molar-refractivity contribution in [3.63, 3.8) is 0 Å². The van der Waals surface area contributed by atoms with Gasteiger partial charge >= 0.3 is 5.97 Å². The van der Waals surface area contributed by atoms with E-state index in [9.17, 15) is 4.79 Å². The van der Waals surface area contributed by atoms with Crippen molar-refractivity contribution in [2.75, 3.05) is 7.11 Å². The fraction of sp³-hybridized carbons (Fsp3) is 0.0800. The molecule has 0 aliphatic heterocycles. The first-order chi connectivity index (χ1) is 13.2. The molecule has 0 N–H and O–H groups in total. The highest BCUT2D eigenvalue weighted by Crippen LogP contribution is 2.25. The molecule has 132 valence electrons. The topological polar surface area (TPSA) is 26.3 Å². The number of hydrogen-bond acceptors (Lipinski definition) is 2. The summed E-state index contributed by atoms with van der Waals surface area (Å²) in [5.74, 6) is 5.79. The monoisotopic (exact) mass is 352 g/mol. The van der Waals surface area contributed by atoms with Crippen LogP contribution in [0.5, 0.6) is 0 Å². The van der Waals surface area contributed by atoms with Gasteiger partial charge in [0, 0.05) is 5.56 Å². The molecule has 3 aromatic rings. The molecule has 3 rings (SSSR count). The van der Waals surface area contributed by atoms with Crippen LogP contribution >= 0.6 is 0 Å². The van der Waals surface area contributed by atoms with Crippen molar-refractivity contribution >= 4 is 12.0 Å². The van der Waals surface area contributed by atoms with Crippen LogP contribution in [0.1, 0.15) is 27.0 Å². The third kappa shape index (κ3) is 4.74. The fourth-order valence-electron chi connectivity index (χ4n) is 2.78. The van der Waals surface area contributed by atoms with Crippen LogP contribution < -0.4 is 0 Å². The highest BCUT2D eigenvalue weighted by Gasteiger charge is 2.03. The maximum Gasteiger partial charge on any atom is 0.337 e. The van der Waals surface area contributed by atoms with Crippen LogP contribution in [0.15, 0.2) is 78.9 Å². The zero-order chi connectivity index (χ0) is 19.1. The Morgan fingerprint density at radius 3 is 2.48 bits per heavy atom. The first-order valence-corrected chi connectivity index (χ1v) is 8.70. The summed E-state index contributed by atoms with van der Waals surface area (Å²) in [6.45, 7) is 2.10. The average Bonchev–Trinajstić information content (AvgIpc) is 2.71. The molecule has 0 fully saturated rings. The van der Waals surface area contributed by atoms with E-state index in [4.69, 9.17) is 4.74 Å². The number of carbonyl (C=O) groups excluding carboxylic acids is 1. The van der Waals surface area contributed by atoms with Crippen LogP contribution in [0.4, 0.5) is 0 Å². The molecule has 27 heavy (non-hydrogen) atoms. The highest BCUT2D eigenvalue weighted by atomic mass is 16.5. The Balaban J connectivity index is 1.78. The molecular weight excluding hydrogens is 332 g/mol. The molecule has 0 bridgehead atoms. The number of esters is 1. The highest BCUT2D eigenvalue weighted by molar-refractivity contribution is 5.89. The Morgan fingerprint density at radius 1 is 0.963 bits per heavy atom. The predicted octanol–water partition coefficient (Wildman–Crippen LogP) is 5.51. The molecular formula is C25H20O2. The molecule has 2 nitrogen and oxygen atoms in total. The average molecular weight is 352 g/mol. The number of benzene rings is 3. The fourth-order valence-corrected chi connectivity index (χ4v) is 2.78. The van der Waals surface area contributed by atoms with Gasteiger partial charge in [-0.05, 0) is 60.0 Å². The summed E-state index contributed by atoms with van der Waals surface area (Å²) in [5.41, 5.74) is 6.10. The van der Waals surface area contributed by atoms with Gasteiger partial charge in [0.1, 0.15) is 0 Å². The number of ether oxygens (including phenoxy) is 1. The normalized spacial score (nSPS) is 10.3. The lowest BCUT2D eigenvalue weighted by Gasteiger charge is -2.06. The van der Waals surface area contributed by atoms with Gasteiger partial charge in [0.25, 0.3) is 0 Å². The van der Waals surface area contributed by atoms with E-state index in [-0.39, 0.29) is 5.97 Å². The molecule has 0 aliphatic rings. The van der Waals surface area contributed by atoms with E-state index in [0.717, 1.165) is 11.1 Å². The van der Waals surface area contributed by atoms with Gasteiger partial charge in [-0.2, -0.15) is 0 Å². The first-order valence-electron chi connectivity index (χ1n) is 8.70. The van der Waals surface area contributed by atoms with Crippen molar-refractivity contribution in [3.8, 4) is 23.0 Å². The predicted molar refractivity (Wildman–Crippen MR) is 110 cm³/mol. The second-order valence-corrected chi connectivity index (χ2v) is 6.13. The van der Waals surface area contributed by atoms with Crippen molar-refractivity contribution in [1.82, 2.24) is 0 Å². The molecule has 3 aromatic carbocycles. The third-order valence-electron chi connectivity index (χ3n) is 4.16. The van der Waals surface area contributed by atoms with Gasteiger partial charge in [-0.3, -0.25) is 0 Å². The number of carbonyl (C=O) groups is 1. The lowest BCUT2D eigenvalue weighted by atomic mass is 9.98. The summed E-state index contributed by atoms with van der Waals surface area (Å²) in [7, 11) is 1.37. The number of allylic oxidation sites excluding steroid dienone is 1. The summed E-state index contributed by atoms with van der Waals surface area (Å²) >= 11 is 0. The van der Waals surface area contributed by atoms with E-state index in [1.807, 2.05) is 36.4 Å². The zero-order valence-corrected chi connectivity index (χ0v) is 15.4. The van der Waals surface area contributed by atoms with Crippen molar-refractivity contribution in [2.24, 2.45) is 0 Å². The minimum atomic E-state index is -0.345. The maximum atomic E-state index is 11.4. The van der Waals surface area contributed by atoms with E-state index in [1.54, 1.807) is 12.1 Å². The van der Waals surface area contributed by atoms with E-state index in [2.05, 4.69) is 55.2 Å². The smallest absolute Gasteiger partial charge is 0.337 e. The van der Waals surface area contributed by atoms with Crippen LogP contribution in [0.3, 0.4) is 0 Å². The largest absolute Gasteiger partial charge is 0.465 e. The van der Waals surface area contributed by atoms with Gasteiger partial charge in [-0.25, -0.2) is 4.79 Å². The van der Waals surface area contributed by atoms with Crippen LogP contribution in [-0.4, -0.2) is 13.1 Å². The molecule has 2 heteroatoms. The van der Waals surface area contributed by atoms with Gasteiger partial charge in [-0.15, -0.1) is 0 Å². The van der Waals surface area contributed by atoms with Gasteiger partial charge in [0.05, 0.1) is 12.7 Å². The van der Waals surface area contributed by atoms with Crippen molar-refractivity contribution in [2.45, 2.75) is 6.92 Å². The molecule has 0 saturated heterocycles. The van der Waals surface area contributed by atoms with Crippen molar-refractivity contribution < 1.29 is 9.53 Å². The summed E-state index contributed by atoms with van der Waals surface area (Å²) in [6, 6.07) is 23.8. The molecule has 0 amide bonds. The molecule has 0 saturated carbocycles. The van der Waals surface area contributed by atoms with E-state index < -0.39 is 0 Å². The molecule has 0 aliphatic carbocycles. The van der Waals surface area contributed by atoms with E-state index >= 15 is 0 Å². The van der Waals surface area contributed by atoms with Crippen molar-refractivity contribution in [1.29, 1.82) is 0 Å². The minimum Gasteiger partial charge on any atom is -0.465 e. The molecule has 0 unspecified atom stereocenters. The standard InChI is InChI=1S/C25H20O2/c1-19-8-7-12-23(18-19)24-13-6-5-11-21(24)10-4-3-9-20-14-16-22(17-15-20)25(26)27-2/h4-8,10-18H,1-2H3. The van der Waals surface area contributed by atoms with Gasteiger partial charge in [0.2, 0.25) is 0 Å². The van der Waals surface area contributed by atoms with Gasteiger partial charge in [-0.1, -0.05) is 65.9 Å². The molecule has 0 heterocycles. The number of methoxy groups -OCH3 is 1. The quantitative estimate of drug-likeness (QED) is 0.459. The number of aryl methyl sites for hydroxylation is 1. The second kappa shape index (κ2) is 8.69. The van der Waals surface area contributed by atoms with Crippen LogP contribution in [0.25, 0.3) is 17.2 Å². The van der Waals surface area contributed by atoms with Crippen LogP contribution in [0.2, 0.25) is 0 Å². The van der Waals surface area contributed by atoms with E-state index in [1.165, 1.54) is 23.8 Å². The molecule has 0 spiro atoms. The third-order valence-corrected chi connectivity index (χ3v) is 4.16. The molecule has 0 atom stereocenters. The summed E-state index contributed by atoms with van der Waals surface area (Å²) in [6.07, 6.45) is 3.87. The Morgan fingerprint density at radius 2 is 1.74 bits per heavy atom. The molecule has 0 radical (unpaired) electrons. The number of rotatable bonds is 3. The minimum absolute atomic E-state index is 0.345. The Bertz CT molecular complexity index is 1030. The van der Waals surface area contributed by atoms with E-state index in [0.29, 0.717) is 5.56 Å². The first kappa shape index (κ1) is 18.2. The Hall–Kier alpha value is -3.57. The summed E-state index contributed by atoms with van der Waals surface area (Å²) in [5, 5.41) is 0. The lowest BCUT2D eigenvalue weighted by Crippen LogP contribution is -2.00. The second-order valence-electron chi connectivity index (χ2n) is 6.13. The van der Waals surface area contributed by atoms with Crippen LogP contribution in [-0.2, 0) is 4.74 Å². The number of hydrogen-bond donors (Lipinski definition) is 0. The lowest BCUT2D eigenvalue weighted by molar-refractivity contribution is 0.0600. The zero-order valence-electron chi connectivity index (χ0n) is 15.4. The summed E-state index contributed by atoms with van der Waals surface area (Å²) < 4.78 is 4.69. The Kier molecular flexibility index (Phi) is 5.87. The van der Waals surface area contributed by atoms with Gasteiger partial charge in [0.15, 0.2) is 0 Å². The Labute approximate surface area is 160 Å². The maximum absolute atomic E-state index is 11.4. The summed E-state index contributed by atoms with van der Waals surface area (Å²) in [4.78, 5) is 11.4. The SMILES string of the molecule is COC(=O)c1ccc(C#CC=Cc2ccccc2-c2cccc(C)c2)cc1. The van der Waals surface area contributed by atoms with Crippen LogP contribution in [0, 0.1) is 18.8 Å².